The minimum Gasteiger partial charge on any atom is -0.458 e. The summed E-state index contributed by atoms with van der Waals surface area (Å²) >= 11 is 5.86. The number of rotatable bonds is 5. The van der Waals surface area contributed by atoms with E-state index < -0.39 is 23.2 Å². The van der Waals surface area contributed by atoms with E-state index in [4.69, 9.17) is 16.0 Å². The van der Waals surface area contributed by atoms with E-state index in [1.165, 1.54) is 29.1 Å². The van der Waals surface area contributed by atoms with Crippen LogP contribution in [0.25, 0.3) is 0 Å². The zero-order valence-electron chi connectivity index (χ0n) is 16.6. The summed E-state index contributed by atoms with van der Waals surface area (Å²) in [5.74, 6) is -3.52. The molecule has 0 amide bonds. The third-order valence-corrected chi connectivity index (χ3v) is 5.29. The van der Waals surface area contributed by atoms with Gasteiger partial charge in [0.05, 0.1) is 11.6 Å². The predicted octanol–water partition coefficient (Wildman–Crippen LogP) is 3.51. The molecule has 3 heterocycles. The molecular formula is C20H19ClF3N5O2. The summed E-state index contributed by atoms with van der Waals surface area (Å²) in [5.41, 5.74) is 0.261. The maximum absolute atomic E-state index is 13.4. The van der Waals surface area contributed by atoms with Crippen LogP contribution in [0.15, 0.2) is 45.9 Å². The molecule has 0 aliphatic carbocycles. The Hall–Kier alpha value is -3.01. The van der Waals surface area contributed by atoms with Crippen LogP contribution in [0, 0.1) is 5.82 Å². The Morgan fingerprint density at radius 3 is 2.45 bits per heavy atom. The van der Waals surface area contributed by atoms with Crippen molar-refractivity contribution in [3.05, 3.63) is 69.5 Å². The standard InChI is InChI=1S/C20H19ClF3N5O2/c1-20(23,24)17-5-3-14(31-17)11-29-12-25-18(26-19(29)30)28-8-6-27(7-9-28)13-2-4-16(22)15(21)10-13/h2-5,10,12H,6-9,11H2,1H3. The van der Waals surface area contributed by atoms with E-state index in [0.29, 0.717) is 32.1 Å². The van der Waals surface area contributed by atoms with Crippen molar-refractivity contribution in [2.75, 3.05) is 36.0 Å². The first-order chi connectivity index (χ1) is 14.7. The van der Waals surface area contributed by atoms with Crippen molar-refractivity contribution in [1.82, 2.24) is 14.5 Å². The molecule has 0 saturated carbocycles. The van der Waals surface area contributed by atoms with Crippen LogP contribution in [-0.2, 0) is 12.5 Å². The van der Waals surface area contributed by atoms with Gasteiger partial charge in [0.2, 0.25) is 5.95 Å². The Morgan fingerprint density at radius 2 is 1.84 bits per heavy atom. The van der Waals surface area contributed by atoms with Crippen LogP contribution in [-0.4, -0.2) is 40.7 Å². The third-order valence-electron chi connectivity index (χ3n) is 5.01. The lowest BCUT2D eigenvalue weighted by atomic mass is 10.2. The lowest BCUT2D eigenvalue weighted by Crippen LogP contribution is -2.47. The molecule has 0 radical (unpaired) electrons. The average molecular weight is 454 g/mol. The monoisotopic (exact) mass is 453 g/mol. The van der Waals surface area contributed by atoms with E-state index in [2.05, 4.69) is 14.9 Å². The topological polar surface area (TPSA) is 67.4 Å². The second-order valence-corrected chi connectivity index (χ2v) is 7.70. The fraction of sp³-hybridized carbons (Fsp3) is 0.350. The van der Waals surface area contributed by atoms with Crippen LogP contribution in [0.3, 0.4) is 0 Å². The van der Waals surface area contributed by atoms with Gasteiger partial charge in [-0.1, -0.05) is 11.6 Å². The fourth-order valence-electron chi connectivity index (χ4n) is 3.32. The number of furan rings is 1. The highest BCUT2D eigenvalue weighted by Gasteiger charge is 2.28. The molecule has 7 nitrogen and oxygen atoms in total. The molecule has 2 aromatic heterocycles. The Balaban J connectivity index is 1.41. The number of halogens is 4. The third kappa shape index (κ3) is 4.68. The van der Waals surface area contributed by atoms with Crippen molar-refractivity contribution >= 4 is 23.2 Å². The fourth-order valence-corrected chi connectivity index (χ4v) is 3.50. The van der Waals surface area contributed by atoms with Crippen LogP contribution >= 0.6 is 11.6 Å². The second-order valence-electron chi connectivity index (χ2n) is 7.29. The van der Waals surface area contributed by atoms with Gasteiger partial charge in [-0.2, -0.15) is 13.8 Å². The predicted molar refractivity (Wildman–Crippen MR) is 110 cm³/mol. The van der Waals surface area contributed by atoms with Gasteiger partial charge in [0.15, 0.2) is 5.76 Å². The molecule has 1 aliphatic heterocycles. The van der Waals surface area contributed by atoms with E-state index >= 15 is 0 Å². The number of alkyl halides is 2. The molecule has 164 valence electrons. The molecule has 31 heavy (non-hydrogen) atoms. The van der Waals surface area contributed by atoms with E-state index in [9.17, 15) is 18.0 Å². The molecular weight excluding hydrogens is 435 g/mol. The highest BCUT2D eigenvalue weighted by atomic mass is 35.5. The van der Waals surface area contributed by atoms with Gasteiger partial charge in [-0.05, 0) is 30.3 Å². The van der Waals surface area contributed by atoms with Crippen molar-refractivity contribution < 1.29 is 17.6 Å². The molecule has 11 heteroatoms. The first-order valence-electron chi connectivity index (χ1n) is 9.56. The Labute approximate surface area is 180 Å². The quantitative estimate of drug-likeness (QED) is 0.589. The zero-order chi connectivity index (χ0) is 22.2. The smallest absolute Gasteiger partial charge is 0.352 e. The van der Waals surface area contributed by atoms with E-state index in [1.54, 1.807) is 12.1 Å². The lowest BCUT2D eigenvalue weighted by Gasteiger charge is -2.36. The number of piperazine rings is 1. The van der Waals surface area contributed by atoms with Crippen molar-refractivity contribution in [1.29, 1.82) is 0 Å². The molecule has 0 spiro atoms. The number of nitrogens with zero attached hydrogens (tertiary/aromatic N) is 5. The SMILES string of the molecule is CC(F)(F)c1ccc(Cn2cnc(N3CCN(c4ccc(F)c(Cl)c4)CC3)nc2=O)o1. The van der Waals surface area contributed by atoms with Crippen molar-refractivity contribution in [3.8, 4) is 0 Å². The van der Waals surface area contributed by atoms with E-state index in [0.717, 1.165) is 12.6 Å². The second kappa shape index (κ2) is 8.26. The van der Waals surface area contributed by atoms with Gasteiger partial charge in [0.1, 0.15) is 17.9 Å². The maximum Gasteiger partial charge on any atom is 0.352 e. The number of benzene rings is 1. The van der Waals surface area contributed by atoms with Crippen LogP contribution in [0.5, 0.6) is 0 Å². The summed E-state index contributed by atoms with van der Waals surface area (Å²) in [7, 11) is 0. The van der Waals surface area contributed by atoms with Gasteiger partial charge < -0.3 is 14.2 Å². The average Bonchev–Trinajstić information content (AvgIpc) is 3.21. The minimum absolute atomic E-state index is 0.0473. The molecule has 3 aromatic rings. The Kier molecular flexibility index (Phi) is 5.65. The molecule has 1 aromatic carbocycles. The summed E-state index contributed by atoms with van der Waals surface area (Å²) in [6.07, 6.45) is 1.32. The van der Waals surface area contributed by atoms with Crippen molar-refractivity contribution in [3.63, 3.8) is 0 Å². The number of hydrogen-bond acceptors (Lipinski definition) is 6. The van der Waals surface area contributed by atoms with Gasteiger partial charge in [-0.3, -0.25) is 4.57 Å². The molecule has 1 saturated heterocycles. The van der Waals surface area contributed by atoms with Crippen LogP contribution in [0.4, 0.5) is 24.8 Å². The summed E-state index contributed by atoms with van der Waals surface area (Å²) < 4.78 is 46.3. The number of aromatic nitrogens is 3. The highest BCUT2D eigenvalue weighted by molar-refractivity contribution is 6.31. The molecule has 0 atom stereocenters. The van der Waals surface area contributed by atoms with Crippen molar-refractivity contribution in [2.45, 2.75) is 19.4 Å². The number of anilines is 2. The summed E-state index contributed by atoms with van der Waals surface area (Å²) in [5, 5.41) is 0.0678. The molecule has 4 rings (SSSR count). The zero-order valence-corrected chi connectivity index (χ0v) is 17.3. The molecule has 0 bridgehead atoms. The summed E-state index contributed by atoms with van der Waals surface area (Å²) in [4.78, 5) is 24.6. The minimum atomic E-state index is -3.09. The van der Waals surface area contributed by atoms with Crippen LogP contribution < -0.4 is 15.5 Å². The molecule has 1 aliphatic rings. The van der Waals surface area contributed by atoms with E-state index in [-0.39, 0.29) is 17.3 Å². The van der Waals surface area contributed by atoms with Crippen LogP contribution in [0.2, 0.25) is 5.02 Å². The molecule has 1 fully saturated rings. The van der Waals surface area contributed by atoms with Gasteiger partial charge in [-0.25, -0.2) is 14.2 Å². The van der Waals surface area contributed by atoms with Gasteiger partial charge in [0, 0.05) is 38.8 Å². The first kappa shape index (κ1) is 21.2. The maximum atomic E-state index is 13.4. The largest absolute Gasteiger partial charge is 0.458 e. The Morgan fingerprint density at radius 1 is 1.13 bits per heavy atom. The summed E-state index contributed by atoms with van der Waals surface area (Å²) in [6.45, 7) is 3.05. The lowest BCUT2D eigenvalue weighted by molar-refractivity contribution is -0.00633. The molecule has 0 unspecified atom stereocenters. The Bertz CT molecular complexity index is 1140. The molecule has 0 N–H and O–H groups in total. The van der Waals surface area contributed by atoms with Gasteiger partial charge >= 0.3 is 11.6 Å². The summed E-state index contributed by atoms with van der Waals surface area (Å²) in [6, 6.07) is 7.16. The highest BCUT2D eigenvalue weighted by Crippen LogP contribution is 2.28. The normalized spacial score (nSPS) is 14.9. The number of hydrogen-bond donors (Lipinski definition) is 0. The van der Waals surface area contributed by atoms with Crippen LogP contribution in [0.1, 0.15) is 18.4 Å². The first-order valence-corrected chi connectivity index (χ1v) is 9.94. The van der Waals surface area contributed by atoms with Gasteiger partial charge in [-0.15, -0.1) is 0 Å². The van der Waals surface area contributed by atoms with Crippen molar-refractivity contribution in [2.24, 2.45) is 0 Å². The van der Waals surface area contributed by atoms with E-state index in [1.807, 2.05) is 4.90 Å². The van der Waals surface area contributed by atoms with Gasteiger partial charge in [0.25, 0.3) is 0 Å².